The summed E-state index contributed by atoms with van der Waals surface area (Å²) in [5.74, 6) is 1.10. The molecule has 3 heterocycles. The summed E-state index contributed by atoms with van der Waals surface area (Å²) in [4.78, 5) is 8.67. The maximum absolute atomic E-state index is 5.13. The summed E-state index contributed by atoms with van der Waals surface area (Å²) in [6.07, 6.45) is 7.18. The number of nitrogens with one attached hydrogen (secondary N) is 1. The monoisotopic (exact) mass is 337 g/mol. The van der Waals surface area contributed by atoms with Crippen LogP contribution in [0.4, 0.5) is 0 Å². The van der Waals surface area contributed by atoms with E-state index >= 15 is 0 Å². The molecular weight excluding hydrogens is 318 g/mol. The van der Waals surface area contributed by atoms with Crippen LogP contribution in [0.1, 0.15) is 31.5 Å². The minimum absolute atomic E-state index is 0.989. The van der Waals surface area contributed by atoms with Gasteiger partial charge in [-0.2, -0.15) is 0 Å². The summed E-state index contributed by atoms with van der Waals surface area (Å²) < 4.78 is 2.37. The molecule has 6 rings (SSSR count). The van der Waals surface area contributed by atoms with Gasteiger partial charge in [-0.25, -0.2) is 4.98 Å². The highest BCUT2D eigenvalue weighted by Crippen LogP contribution is 2.35. The van der Waals surface area contributed by atoms with E-state index in [0.29, 0.717) is 0 Å². The van der Waals surface area contributed by atoms with Crippen molar-refractivity contribution < 1.29 is 0 Å². The lowest BCUT2D eigenvalue weighted by Crippen LogP contribution is -2.03. The van der Waals surface area contributed by atoms with Crippen molar-refractivity contribution in [2.75, 3.05) is 0 Å². The normalized spacial score (nSPS) is 15.3. The molecule has 3 aromatic heterocycles. The Morgan fingerprint density at radius 3 is 2.73 bits per heavy atom. The first-order chi connectivity index (χ1) is 12.9. The van der Waals surface area contributed by atoms with Crippen molar-refractivity contribution in [1.29, 1.82) is 0 Å². The van der Waals surface area contributed by atoms with E-state index in [0.717, 1.165) is 29.8 Å². The van der Waals surface area contributed by atoms with Crippen LogP contribution in [0.3, 0.4) is 0 Å². The highest BCUT2D eigenvalue weighted by atomic mass is 15.0. The van der Waals surface area contributed by atoms with E-state index in [-0.39, 0.29) is 0 Å². The Morgan fingerprint density at radius 1 is 0.923 bits per heavy atom. The average Bonchev–Trinajstić information content (AvgIpc) is 3.26. The predicted octanol–water partition coefficient (Wildman–Crippen LogP) is 6.08. The molecule has 26 heavy (non-hydrogen) atoms. The number of hydrogen-bond acceptors (Lipinski definition) is 1. The number of fused-ring (bicyclic) bond motifs is 7. The van der Waals surface area contributed by atoms with Crippen LogP contribution < -0.4 is 0 Å². The standard InChI is InChI=1S/C23H19N3/c1-2-8-15(9-3-1)23-25-22-21(17-11-5-6-12-18(17)24-22)20-14-16-10-4-7-13-19(16)26(20)23/h4-8,10-14,24H,1-3,9H2. The number of rotatable bonds is 1. The third kappa shape index (κ3) is 1.86. The van der Waals surface area contributed by atoms with Gasteiger partial charge in [0.05, 0.1) is 16.4 Å². The second kappa shape index (κ2) is 5.21. The summed E-state index contributed by atoms with van der Waals surface area (Å²) in [5, 5.41) is 3.73. The Kier molecular flexibility index (Phi) is 2.83. The van der Waals surface area contributed by atoms with Gasteiger partial charge in [0.25, 0.3) is 0 Å². The molecule has 0 atom stereocenters. The molecule has 3 heteroatoms. The zero-order valence-corrected chi connectivity index (χ0v) is 14.5. The van der Waals surface area contributed by atoms with Gasteiger partial charge < -0.3 is 4.98 Å². The summed E-state index contributed by atoms with van der Waals surface area (Å²) in [6, 6.07) is 19.4. The van der Waals surface area contributed by atoms with Crippen LogP contribution in [0.25, 0.3) is 43.9 Å². The molecule has 0 saturated carbocycles. The molecule has 0 aliphatic heterocycles. The van der Waals surface area contributed by atoms with Crippen LogP contribution in [-0.4, -0.2) is 14.4 Å². The first kappa shape index (κ1) is 14.1. The van der Waals surface area contributed by atoms with E-state index < -0.39 is 0 Å². The van der Waals surface area contributed by atoms with Gasteiger partial charge in [0.15, 0.2) is 0 Å². The van der Waals surface area contributed by atoms with Gasteiger partial charge in [0, 0.05) is 16.3 Å². The van der Waals surface area contributed by atoms with E-state index in [4.69, 9.17) is 4.98 Å². The second-order valence-corrected chi connectivity index (χ2v) is 7.23. The number of para-hydroxylation sites is 2. The average molecular weight is 337 g/mol. The molecule has 2 aromatic carbocycles. The van der Waals surface area contributed by atoms with Crippen LogP contribution >= 0.6 is 0 Å². The molecule has 126 valence electrons. The second-order valence-electron chi connectivity index (χ2n) is 7.23. The van der Waals surface area contributed by atoms with Gasteiger partial charge in [-0.15, -0.1) is 0 Å². The first-order valence-electron chi connectivity index (χ1n) is 9.40. The van der Waals surface area contributed by atoms with Crippen molar-refractivity contribution in [2.24, 2.45) is 0 Å². The number of nitrogens with zero attached hydrogens (tertiary/aromatic N) is 2. The van der Waals surface area contributed by atoms with E-state index in [2.05, 4.69) is 70.1 Å². The van der Waals surface area contributed by atoms with Gasteiger partial charge in [0.1, 0.15) is 11.5 Å². The van der Waals surface area contributed by atoms with Crippen molar-refractivity contribution in [2.45, 2.75) is 25.7 Å². The highest BCUT2D eigenvalue weighted by molar-refractivity contribution is 6.15. The van der Waals surface area contributed by atoms with E-state index in [1.807, 2.05) is 0 Å². The number of hydrogen-bond donors (Lipinski definition) is 1. The lowest BCUT2D eigenvalue weighted by molar-refractivity contribution is 0.736. The van der Waals surface area contributed by atoms with E-state index in [1.165, 1.54) is 45.6 Å². The fraction of sp³-hybridized carbons (Fsp3) is 0.174. The lowest BCUT2D eigenvalue weighted by atomic mass is 9.99. The number of aromatic nitrogens is 3. The summed E-state index contributed by atoms with van der Waals surface area (Å²) in [7, 11) is 0. The van der Waals surface area contributed by atoms with Crippen LogP contribution in [0.15, 0.2) is 60.7 Å². The Labute approximate surface area is 151 Å². The zero-order chi connectivity index (χ0) is 17.1. The molecule has 1 aliphatic carbocycles. The molecule has 1 N–H and O–H groups in total. The third-order valence-corrected chi connectivity index (χ3v) is 5.66. The quantitative estimate of drug-likeness (QED) is 0.395. The van der Waals surface area contributed by atoms with Crippen molar-refractivity contribution in [3.8, 4) is 0 Å². The summed E-state index contributed by atoms with van der Waals surface area (Å²) in [6.45, 7) is 0. The molecule has 0 unspecified atom stereocenters. The van der Waals surface area contributed by atoms with Crippen LogP contribution in [0, 0.1) is 0 Å². The Bertz CT molecular complexity index is 1330. The van der Waals surface area contributed by atoms with Gasteiger partial charge in [-0.1, -0.05) is 42.5 Å². The molecule has 0 spiro atoms. The molecule has 1 aliphatic rings. The fourth-order valence-corrected chi connectivity index (χ4v) is 4.45. The summed E-state index contributed by atoms with van der Waals surface area (Å²) >= 11 is 0. The Morgan fingerprint density at radius 2 is 1.81 bits per heavy atom. The minimum atomic E-state index is 0.989. The van der Waals surface area contributed by atoms with Crippen molar-refractivity contribution in [3.63, 3.8) is 0 Å². The molecule has 0 fully saturated rings. The maximum Gasteiger partial charge on any atom is 0.142 e. The van der Waals surface area contributed by atoms with Crippen LogP contribution in [0.2, 0.25) is 0 Å². The van der Waals surface area contributed by atoms with Crippen molar-refractivity contribution >= 4 is 43.9 Å². The number of benzene rings is 2. The van der Waals surface area contributed by atoms with Gasteiger partial charge >= 0.3 is 0 Å². The molecule has 3 nitrogen and oxygen atoms in total. The SMILES string of the molecule is C1=C(c2nc3[nH]c4ccccc4c3c3cc4ccccc4n23)CCCC1. The molecule has 0 saturated heterocycles. The number of aromatic amines is 1. The Hall–Kier alpha value is -3.07. The van der Waals surface area contributed by atoms with Crippen molar-refractivity contribution in [3.05, 3.63) is 66.5 Å². The zero-order valence-electron chi connectivity index (χ0n) is 14.5. The molecule has 0 amide bonds. The van der Waals surface area contributed by atoms with Crippen molar-refractivity contribution in [1.82, 2.24) is 14.4 Å². The van der Waals surface area contributed by atoms with Gasteiger partial charge in [0.2, 0.25) is 0 Å². The lowest BCUT2D eigenvalue weighted by Gasteiger charge is -2.15. The third-order valence-electron chi connectivity index (χ3n) is 5.66. The van der Waals surface area contributed by atoms with Gasteiger partial charge in [-0.05, 0) is 49.5 Å². The maximum atomic E-state index is 5.13. The topological polar surface area (TPSA) is 33.1 Å². The number of allylic oxidation sites excluding steroid dienone is 2. The smallest absolute Gasteiger partial charge is 0.142 e. The fourth-order valence-electron chi connectivity index (χ4n) is 4.45. The summed E-state index contributed by atoms with van der Waals surface area (Å²) in [5.41, 5.74) is 6.00. The molecule has 5 aromatic rings. The minimum Gasteiger partial charge on any atom is -0.339 e. The Balaban J connectivity index is 1.87. The largest absolute Gasteiger partial charge is 0.339 e. The molecule has 0 radical (unpaired) electrons. The predicted molar refractivity (Wildman–Crippen MR) is 109 cm³/mol. The first-order valence-corrected chi connectivity index (χ1v) is 9.40. The van der Waals surface area contributed by atoms with Crippen LogP contribution in [-0.2, 0) is 0 Å². The molecule has 0 bridgehead atoms. The highest BCUT2D eigenvalue weighted by Gasteiger charge is 2.19. The van der Waals surface area contributed by atoms with Gasteiger partial charge in [-0.3, -0.25) is 4.40 Å². The van der Waals surface area contributed by atoms with Crippen LogP contribution in [0.5, 0.6) is 0 Å². The van der Waals surface area contributed by atoms with E-state index in [1.54, 1.807) is 0 Å². The molecular formula is C23H19N3. The van der Waals surface area contributed by atoms with E-state index in [9.17, 15) is 0 Å². The number of H-pyrrole nitrogens is 1.